The Kier molecular flexibility index (Phi) is 3.05. The second-order valence-electron chi connectivity index (χ2n) is 3.16. The number of ether oxygens (including phenoxy) is 1. The highest BCUT2D eigenvalue weighted by Gasteiger charge is 2.26. The lowest BCUT2D eigenvalue weighted by Gasteiger charge is -2.20. The minimum atomic E-state index is -0.537. The fourth-order valence-electron chi connectivity index (χ4n) is 1.33. The van der Waals surface area contributed by atoms with E-state index in [9.17, 15) is 9.59 Å². The number of thioether (sulfide) groups is 1. The third-order valence-electron chi connectivity index (χ3n) is 2.10. The lowest BCUT2D eigenvalue weighted by Crippen LogP contribution is -2.23. The standard InChI is InChI=1S/C11H9NO3S/c1-15-10(13)6-9-11(14)12-7-4-2-3-5-8(7)16-9/h2-6,8H,1H3/b9-6-. The number of carbonyl (C=O) groups excluding carboxylic acids is 2. The molecule has 0 saturated heterocycles. The molecule has 0 aromatic heterocycles. The van der Waals surface area contributed by atoms with Crippen LogP contribution in [0.3, 0.4) is 0 Å². The van der Waals surface area contributed by atoms with E-state index >= 15 is 0 Å². The number of methoxy groups -OCH3 is 1. The number of allylic oxidation sites excluding steroid dienone is 3. The van der Waals surface area contributed by atoms with Gasteiger partial charge in [0.2, 0.25) is 0 Å². The van der Waals surface area contributed by atoms with Gasteiger partial charge in [0, 0.05) is 6.08 Å². The largest absolute Gasteiger partial charge is 0.466 e. The van der Waals surface area contributed by atoms with Crippen molar-refractivity contribution in [2.75, 3.05) is 7.11 Å². The van der Waals surface area contributed by atoms with Gasteiger partial charge in [-0.1, -0.05) is 18.2 Å². The smallest absolute Gasteiger partial charge is 0.331 e. The van der Waals surface area contributed by atoms with Crippen molar-refractivity contribution in [2.45, 2.75) is 5.25 Å². The molecule has 0 aromatic rings. The molecule has 1 unspecified atom stereocenters. The number of nitrogens with zero attached hydrogens (tertiary/aromatic N) is 1. The summed E-state index contributed by atoms with van der Waals surface area (Å²) in [4.78, 5) is 26.8. The predicted molar refractivity (Wildman–Crippen MR) is 62.2 cm³/mol. The summed E-state index contributed by atoms with van der Waals surface area (Å²) in [5.41, 5.74) is 0.722. The zero-order valence-electron chi connectivity index (χ0n) is 8.54. The first-order valence-corrected chi connectivity index (χ1v) is 5.53. The summed E-state index contributed by atoms with van der Waals surface area (Å²) in [6.45, 7) is 0. The van der Waals surface area contributed by atoms with E-state index < -0.39 is 5.97 Å². The summed E-state index contributed by atoms with van der Waals surface area (Å²) in [6.07, 6.45) is 8.63. The summed E-state index contributed by atoms with van der Waals surface area (Å²) in [5.74, 6) is -0.925. The first-order chi connectivity index (χ1) is 7.70. The number of hydrogen-bond acceptors (Lipinski definition) is 4. The van der Waals surface area contributed by atoms with E-state index in [0.717, 1.165) is 5.71 Å². The van der Waals surface area contributed by atoms with Crippen molar-refractivity contribution in [1.29, 1.82) is 0 Å². The summed E-state index contributed by atoms with van der Waals surface area (Å²) in [5, 5.41) is 0.0126. The van der Waals surface area contributed by atoms with Crippen LogP contribution >= 0.6 is 11.8 Å². The zero-order valence-corrected chi connectivity index (χ0v) is 9.36. The van der Waals surface area contributed by atoms with Crippen LogP contribution in [0.5, 0.6) is 0 Å². The molecule has 16 heavy (non-hydrogen) atoms. The van der Waals surface area contributed by atoms with E-state index in [-0.39, 0.29) is 11.2 Å². The van der Waals surface area contributed by atoms with E-state index in [2.05, 4.69) is 9.73 Å². The van der Waals surface area contributed by atoms with Gasteiger partial charge in [-0.25, -0.2) is 9.79 Å². The zero-order chi connectivity index (χ0) is 11.5. The molecule has 1 aliphatic heterocycles. The SMILES string of the molecule is COC(=O)/C=C1\SC2C=CC=CC2=NC1=O. The van der Waals surface area contributed by atoms with Gasteiger partial charge in [-0.2, -0.15) is 0 Å². The molecule has 1 aliphatic carbocycles. The third-order valence-corrected chi connectivity index (χ3v) is 3.30. The Hall–Kier alpha value is -1.62. The predicted octanol–water partition coefficient (Wildman–Crippen LogP) is 1.25. The molecule has 1 atom stereocenters. The lowest BCUT2D eigenvalue weighted by atomic mass is 10.1. The van der Waals surface area contributed by atoms with E-state index in [1.54, 1.807) is 6.08 Å². The van der Waals surface area contributed by atoms with Gasteiger partial charge in [-0.15, -0.1) is 11.8 Å². The molecule has 2 rings (SSSR count). The normalized spacial score (nSPS) is 25.3. The molecule has 0 fully saturated rings. The van der Waals surface area contributed by atoms with Crippen LogP contribution in [0.15, 0.2) is 40.3 Å². The Bertz CT molecular complexity index is 460. The van der Waals surface area contributed by atoms with Gasteiger partial charge in [0.25, 0.3) is 5.91 Å². The maximum absolute atomic E-state index is 11.6. The van der Waals surface area contributed by atoms with Crippen LogP contribution in [-0.2, 0) is 14.3 Å². The third kappa shape index (κ3) is 2.14. The average Bonchev–Trinajstić information content (AvgIpc) is 2.30. The molecule has 0 N–H and O–H groups in total. The number of amides is 1. The van der Waals surface area contributed by atoms with Crippen molar-refractivity contribution < 1.29 is 14.3 Å². The van der Waals surface area contributed by atoms with Gasteiger partial charge >= 0.3 is 5.97 Å². The average molecular weight is 235 g/mol. The number of fused-ring (bicyclic) bond motifs is 1. The summed E-state index contributed by atoms with van der Waals surface area (Å²) < 4.78 is 4.48. The molecule has 0 spiro atoms. The summed E-state index contributed by atoms with van der Waals surface area (Å²) >= 11 is 1.31. The Morgan fingerprint density at radius 3 is 3.12 bits per heavy atom. The van der Waals surface area contributed by atoms with Crippen LogP contribution in [0, 0.1) is 0 Å². The molecule has 1 heterocycles. The maximum atomic E-state index is 11.6. The van der Waals surface area contributed by atoms with Crippen molar-refractivity contribution in [3.05, 3.63) is 35.3 Å². The van der Waals surface area contributed by atoms with E-state index in [1.807, 2.05) is 18.2 Å². The highest BCUT2D eigenvalue weighted by atomic mass is 32.2. The van der Waals surface area contributed by atoms with Crippen molar-refractivity contribution in [3.8, 4) is 0 Å². The molecule has 0 bridgehead atoms. The van der Waals surface area contributed by atoms with Crippen molar-refractivity contribution in [3.63, 3.8) is 0 Å². The van der Waals surface area contributed by atoms with Gasteiger partial charge in [0.05, 0.1) is 23.0 Å². The molecular weight excluding hydrogens is 226 g/mol. The number of aliphatic imine (C=N–C) groups is 1. The summed E-state index contributed by atoms with van der Waals surface area (Å²) in [7, 11) is 1.27. The molecule has 0 saturated carbocycles. The van der Waals surface area contributed by atoms with Crippen molar-refractivity contribution >= 4 is 29.4 Å². The van der Waals surface area contributed by atoms with E-state index in [4.69, 9.17) is 0 Å². The molecule has 82 valence electrons. The van der Waals surface area contributed by atoms with Crippen LogP contribution in [0.25, 0.3) is 0 Å². The van der Waals surface area contributed by atoms with E-state index in [1.165, 1.54) is 24.9 Å². The Morgan fingerprint density at radius 2 is 2.38 bits per heavy atom. The van der Waals surface area contributed by atoms with Gasteiger partial charge in [-0.3, -0.25) is 4.79 Å². The molecule has 2 aliphatic rings. The summed E-state index contributed by atoms with van der Waals surface area (Å²) in [6, 6.07) is 0. The maximum Gasteiger partial charge on any atom is 0.331 e. The van der Waals surface area contributed by atoms with Crippen molar-refractivity contribution in [2.24, 2.45) is 4.99 Å². The van der Waals surface area contributed by atoms with Gasteiger partial charge in [-0.05, 0) is 6.08 Å². The van der Waals surface area contributed by atoms with Gasteiger partial charge in [0.1, 0.15) is 0 Å². The quantitative estimate of drug-likeness (QED) is 0.507. The van der Waals surface area contributed by atoms with Crippen LogP contribution in [0.1, 0.15) is 0 Å². The topological polar surface area (TPSA) is 55.7 Å². The Morgan fingerprint density at radius 1 is 1.56 bits per heavy atom. The minimum absolute atomic E-state index is 0.0126. The van der Waals surface area contributed by atoms with Gasteiger partial charge in [0.15, 0.2) is 0 Å². The monoisotopic (exact) mass is 235 g/mol. The van der Waals surface area contributed by atoms with Gasteiger partial charge < -0.3 is 4.74 Å². The minimum Gasteiger partial charge on any atom is -0.466 e. The molecule has 1 amide bonds. The second kappa shape index (κ2) is 4.49. The lowest BCUT2D eigenvalue weighted by molar-refractivity contribution is -0.135. The number of hydrogen-bond donors (Lipinski definition) is 0. The highest BCUT2D eigenvalue weighted by molar-refractivity contribution is 8.05. The Balaban J connectivity index is 2.28. The van der Waals surface area contributed by atoms with Crippen LogP contribution in [0.4, 0.5) is 0 Å². The first kappa shape index (κ1) is 10.9. The number of rotatable bonds is 1. The number of esters is 1. The second-order valence-corrected chi connectivity index (χ2v) is 4.34. The number of carbonyl (C=O) groups is 2. The molecule has 4 nitrogen and oxygen atoms in total. The fourth-order valence-corrected chi connectivity index (χ4v) is 2.34. The highest BCUT2D eigenvalue weighted by Crippen LogP contribution is 2.31. The molecule has 5 heteroatoms. The molecule has 0 aromatic carbocycles. The first-order valence-electron chi connectivity index (χ1n) is 4.65. The van der Waals surface area contributed by atoms with Crippen LogP contribution in [-0.4, -0.2) is 29.9 Å². The van der Waals surface area contributed by atoms with Crippen molar-refractivity contribution in [1.82, 2.24) is 0 Å². The van der Waals surface area contributed by atoms with E-state index in [0.29, 0.717) is 4.91 Å². The van der Waals surface area contributed by atoms with Crippen LogP contribution < -0.4 is 0 Å². The molecule has 0 radical (unpaired) electrons. The fraction of sp³-hybridized carbons (Fsp3) is 0.182. The molecular formula is C11H9NO3S. The van der Waals surface area contributed by atoms with Crippen LogP contribution in [0.2, 0.25) is 0 Å². The Labute approximate surface area is 96.8 Å².